The quantitative estimate of drug-likeness (QED) is 0.686. The van der Waals surface area contributed by atoms with E-state index >= 15 is 0 Å². The number of likely N-dealkylation sites (tertiary alicyclic amines) is 1. The molecule has 3 aromatic rings. The van der Waals surface area contributed by atoms with Crippen molar-refractivity contribution in [2.75, 3.05) is 38.1 Å². The summed E-state index contributed by atoms with van der Waals surface area (Å²) < 4.78 is 1.85. The van der Waals surface area contributed by atoms with E-state index < -0.39 is 0 Å². The Morgan fingerprint density at radius 2 is 1.97 bits per heavy atom. The van der Waals surface area contributed by atoms with Crippen molar-refractivity contribution in [1.82, 2.24) is 29.4 Å². The van der Waals surface area contributed by atoms with Crippen molar-refractivity contribution in [3.05, 3.63) is 42.7 Å². The van der Waals surface area contributed by atoms with E-state index in [4.69, 9.17) is 5.10 Å². The predicted octanol–water partition coefficient (Wildman–Crippen LogP) is 2.52. The highest BCUT2D eigenvalue weighted by atomic mass is 16.2. The summed E-state index contributed by atoms with van der Waals surface area (Å²) in [6.45, 7) is 3.44. The van der Waals surface area contributed by atoms with Crippen LogP contribution in [0.3, 0.4) is 0 Å². The topological polar surface area (TPSA) is 69.9 Å². The molecule has 2 aliphatic heterocycles. The number of pyridine rings is 1. The van der Waals surface area contributed by atoms with Crippen molar-refractivity contribution < 1.29 is 4.79 Å². The number of fused-ring (bicyclic) bond motifs is 1. The Bertz CT molecular complexity index is 1010. The number of anilines is 1. The maximum absolute atomic E-state index is 12.7. The number of nitrogens with zero attached hydrogens (tertiary/aromatic N) is 7. The van der Waals surface area contributed by atoms with Gasteiger partial charge in [0, 0.05) is 39.4 Å². The van der Waals surface area contributed by atoms with Gasteiger partial charge in [0.1, 0.15) is 11.5 Å². The lowest BCUT2D eigenvalue weighted by molar-refractivity contribution is 0.159. The van der Waals surface area contributed by atoms with Crippen molar-refractivity contribution in [2.45, 2.75) is 25.3 Å². The minimum Gasteiger partial charge on any atom is -0.353 e. The minimum atomic E-state index is 0.157. The van der Waals surface area contributed by atoms with Crippen LogP contribution in [-0.4, -0.2) is 74.7 Å². The van der Waals surface area contributed by atoms with E-state index in [1.807, 2.05) is 57.9 Å². The zero-order chi connectivity index (χ0) is 19.8. The molecule has 2 amide bonds. The summed E-state index contributed by atoms with van der Waals surface area (Å²) in [5.74, 6) is 0.900. The monoisotopic (exact) mass is 391 g/mol. The minimum absolute atomic E-state index is 0.157. The van der Waals surface area contributed by atoms with Crippen LogP contribution in [0, 0.1) is 0 Å². The van der Waals surface area contributed by atoms with Crippen molar-refractivity contribution in [3.8, 4) is 11.4 Å². The highest BCUT2D eigenvalue weighted by Gasteiger charge is 2.32. The van der Waals surface area contributed by atoms with Gasteiger partial charge in [0.05, 0.1) is 17.9 Å². The van der Waals surface area contributed by atoms with Crippen LogP contribution in [0.4, 0.5) is 10.6 Å². The van der Waals surface area contributed by atoms with Gasteiger partial charge in [0.15, 0.2) is 5.65 Å². The van der Waals surface area contributed by atoms with Crippen LogP contribution in [0.15, 0.2) is 42.7 Å². The molecule has 29 heavy (non-hydrogen) atoms. The third-order valence-corrected chi connectivity index (χ3v) is 5.99. The lowest BCUT2D eigenvalue weighted by Crippen LogP contribution is -2.46. The summed E-state index contributed by atoms with van der Waals surface area (Å²) in [6, 6.07) is 10.2. The van der Waals surface area contributed by atoms with Gasteiger partial charge in [-0.1, -0.05) is 6.07 Å². The summed E-state index contributed by atoms with van der Waals surface area (Å²) in [6.07, 6.45) is 6.76. The van der Waals surface area contributed by atoms with Crippen LogP contribution in [0.5, 0.6) is 0 Å². The van der Waals surface area contributed by atoms with E-state index in [-0.39, 0.29) is 12.1 Å². The molecule has 2 aliphatic rings. The number of amides is 2. The van der Waals surface area contributed by atoms with Crippen LogP contribution in [-0.2, 0) is 0 Å². The third-order valence-electron chi connectivity index (χ3n) is 5.99. The van der Waals surface area contributed by atoms with E-state index in [2.05, 4.69) is 14.9 Å². The SMILES string of the molecule is CN(C(=O)N1CCCC1)C1CCN(c2ccc3ncc(-c4ccccn4)n3n2)C1. The number of hydrogen-bond acceptors (Lipinski definition) is 5. The molecule has 0 aromatic carbocycles. The van der Waals surface area contributed by atoms with E-state index in [9.17, 15) is 4.79 Å². The third kappa shape index (κ3) is 3.28. The first-order valence-corrected chi connectivity index (χ1v) is 10.2. The average molecular weight is 391 g/mol. The molecule has 0 radical (unpaired) electrons. The van der Waals surface area contributed by atoms with Gasteiger partial charge >= 0.3 is 6.03 Å². The Kier molecular flexibility index (Phi) is 4.54. The zero-order valence-corrected chi connectivity index (χ0v) is 16.6. The fraction of sp³-hybridized carbons (Fsp3) is 0.429. The summed E-state index contributed by atoms with van der Waals surface area (Å²) >= 11 is 0. The first kappa shape index (κ1) is 17.9. The molecule has 0 aliphatic carbocycles. The van der Waals surface area contributed by atoms with Gasteiger partial charge in [0.25, 0.3) is 0 Å². The van der Waals surface area contributed by atoms with Gasteiger partial charge in [-0.3, -0.25) is 4.98 Å². The fourth-order valence-corrected chi connectivity index (χ4v) is 4.27. The molecule has 5 heterocycles. The number of rotatable bonds is 3. The van der Waals surface area contributed by atoms with E-state index in [1.54, 1.807) is 6.20 Å². The summed E-state index contributed by atoms with van der Waals surface area (Å²) in [4.78, 5) is 27.7. The standard InChI is InChI=1S/C21H25N7O/c1-25(21(29)26-11-4-5-12-26)16-9-13-27(15-16)20-8-7-19-23-14-18(28(19)24-20)17-6-2-3-10-22-17/h2-3,6-8,10,14,16H,4-5,9,11-13,15H2,1H3. The van der Waals surface area contributed by atoms with Crippen LogP contribution in [0.1, 0.15) is 19.3 Å². The number of aromatic nitrogens is 4. The van der Waals surface area contributed by atoms with Crippen LogP contribution < -0.4 is 4.90 Å². The first-order chi connectivity index (χ1) is 14.2. The molecular weight excluding hydrogens is 366 g/mol. The molecule has 2 saturated heterocycles. The molecule has 8 nitrogen and oxygen atoms in total. The second-order valence-corrected chi connectivity index (χ2v) is 7.80. The Labute approximate surface area is 169 Å². The smallest absolute Gasteiger partial charge is 0.320 e. The molecule has 5 rings (SSSR count). The number of imidazole rings is 1. The highest BCUT2D eigenvalue weighted by Crippen LogP contribution is 2.24. The highest BCUT2D eigenvalue weighted by molar-refractivity contribution is 5.75. The van der Waals surface area contributed by atoms with E-state index in [1.165, 1.54) is 0 Å². The van der Waals surface area contributed by atoms with Crippen LogP contribution in [0.25, 0.3) is 17.0 Å². The number of hydrogen-bond donors (Lipinski definition) is 0. The Morgan fingerprint density at radius 1 is 1.10 bits per heavy atom. The van der Waals surface area contributed by atoms with Crippen LogP contribution in [0.2, 0.25) is 0 Å². The van der Waals surface area contributed by atoms with Crippen molar-refractivity contribution >= 4 is 17.5 Å². The molecule has 2 fully saturated rings. The van der Waals surface area contributed by atoms with Crippen molar-refractivity contribution in [1.29, 1.82) is 0 Å². The van der Waals surface area contributed by atoms with Gasteiger partial charge in [0.2, 0.25) is 0 Å². The normalized spacial score (nSPS) is 19.3. The number of carbonyl (C=O) groups excluding carboxylic acids is 1. The molecule has 0 spiro atoms. The Morgan fingerprint density at radius 3 is 2.76 bits per heavy atom. The van der Waals surface area contributed by atoms with E-state index in [0.717, 1.165) is 68.3 Å². The molecule has 3 aromatic heterocycles. The molecule has 8 heteroatoms. The summed E-state index contributed by atoms with van der Waals surface area (Å²) in [5, 5.41) is 4.84. The molecular formula is C21H25N7O. The van der Waals surface area contributed by atoms with Gasteiger partial charge in [-0.25, -0.2) is 14.3 Å². The predicted molar refractivity (Wildman–Crippen MR) is 111 cm³/mol. The number of likely N-dealkylation sites (N-methyl/N-ethyl adjacent to an activating group) is 1. The number of carbonyl (C=O) groups is 1. The van der Waals surface area contributed by atoms with Gasteiger partial charge in [-0.15, -0.1) is 5.10 Å². The largest absolute Gasteiger partial charge is 0.353 e. The zero-order valence-electron chi connectivity index (χ0n) is 16.6. The van der Waals surface area contributed by atoms with Gasteiger partial charge in [-0.05, 0) is 43.5 Å². The second kappa shape index (κ2) is 7.35. The molecule has 1 unspecified atom stereocenters. The maximum Gasteiger partial charge on any atom is 0.320 e. The van der Waals surface area contributed by atoms with Crippen molar-refractivity contribution in [3.63, 3.8) is 0 Å². The Hall–Kier alpha value is -3.16. The molecule has 0 saturated carbocycles. The molecule has 1 atom stereocenters. The van der Waals surface area contributed by atoms with Crippen LogP contribution >= 0.6 is 0 Å². The first-order valence-electron chi connectivity index (χ1n) is 10.2. The number of urea groups is 1. The maximum atomic E-state index is 12.7. The summed E-state index contributed by atoms with van der Waals surface area (Å²) in [5.41, 5.74) is 2.52. The average Bonchev–Trinajstić information content (AvgIpc) is 3.53. The van der Waals surface area contributed by atoms with Gasteiger partial charge < -0.3 is 14.7 Å². The lowest BCUT2D eigenvalue weighted by atomic mass is 10.2. The molecule has 0 bridgehead atoms. The Balaban J connectivity index is 1.35. The molecule has 150 valence electrons. The van der Waals surface area contributed by atoms with Crippen molar-refractivity contribution in [2.24, 2.45) is 0 Å². The second-order valence-electron chi connectivity index (χ2n) is 7.80. The summed E-state index contributed by atoms with van der Waals surface area (Å²) in [7, 11) is 1.93. The fourth-order valence-electron chi connectivity index (χ4n) is 4.27. The van der Waals surface area contributed by atoms with E-state index in [0.29, 0.717) is 0 Å². The molecule has 0 N–H and O–H groups in total. The van der Waals surface area contributed by atoms with Gasteiger partial charge in [-0.2, -0.15) is 0 Å². The lowest BCUT2D eigenvalue weighted by Gasteiger charge is -2.29.